The van der Waals surface area contributed by atoms with E-state index in [0.717, 1.165) is 32.1 Å². The molecule has 1 atom stereocenters. The highest BCUT2D eigenvalue weighted by atomic mass is 16.2. The van der Waals surface area contributed by atoms with Crippen molar-refractivity contribution in [2.45, 2.75) is 52.0 Å². The van der Waals surface area contributed by atoms with Crippen LogP contribution >= 0.6 is 0 Å². The molecule has 2 fully saturated rings. The Morgan fingerprint density at radius 2 is 2.00 bits per heavy atom. The average molecular weight is 224 g/mol. The zero-order chi connectivity index (χ0) is 11.8. The number of urea groups is 1. The third-order valence-corrected chi connectivity index (χ3v) is 4.05. The van der Waals surface area contributed by atoms with Crippen LogP contribution in [0.2, 0.25) is 0 Å². The first-order valence-electron chi connectivity index (χ1n) is 6.20. The number of rotatable bonds is 2. The molecule has 3 amide bonds. The summed E-state index contributed by atoms with van der Waals surface area (Å²) in [6, 6.07) is -0.0542. The number of carbonyl (C=O) groups is 2. The Morgan fingerprint density at radius 3 is 2.56 bits per heavy atom. The van der Waals surface area contributed by atoms with Crippen LogP contribution in [0.1, 0.15) is 46.0 Å². The van der Waals surface area contributed by atoms with Gasteiger partial charge in [-0.15, -0.1) is 0 Å². The molecule has 4 heteroatoms. The van der Waals surface area contributed by atoms with Crippen molar-refractivity contribution >= 4 is 11.9 Å². The first kappa shape index (κ1) is 11.4. The van der Waals surface area contributed by atoms with Crippen LogP contribution in [0, 0.1) is 5.41 Å². The number of nitrogens with zero attached hydrogens (tertiary/aromatic N) is 1. The summed E-state index contributed by atoms with van der Waals surface area (Å²) < 4.78 is 0. The van der Waals surface area contributed by atoms with Gasteiger partial charge in [0.15, 0.2) is 0 Å². The van der Waals surface area contributed by atoms with Crippen LogP contribution in [0.15, 0.2) is 0 Å². The Morgan fingerprint density at radius 1 is 1.38 bits per heavy atom. The van der Waals surface area contributed by atoms with E-state index in [0.29, 0.717) is 6.54 Å². The van der Waals surface area contributed by atoms with E-state index in [2.05, 4.69) is 5.32 Å². The van der Waals surface area contributed by atoms with E-state index in [-0.39, 0.29) is 18.0 Å². The molecular formula is C12H20N2O2. The topological polar surface area (TPSA) is 49.4 Å². The second-order valence-electron chi connectivity index (χ2n) is 5.19. The van der Waals surface area contributed by atoms with Crippen LogP contribution in [-0.4, -0.2) is 29.4 Å². The maximum absolute atomic E-state index is 12.3. The minimum atomic E-state index is -0.406. The molecule has 1 N–H and O–H groups in total. The maximum atomic E-state index is 12.3. The minimum absolute atomic E-state index is 0.0191. The van der Waals surface area contributed by atoms with Crippen molar-refractivity contribution in [2.24, 2.45) is 5.41 Å². The zero-order valence-electron chi connectivity index (χ0n) is 10.1. The molecule has 0 aromatic heterocycles. The predicted molar refractivity (Wildman–Crippen MR) is 60.9 cm³/mol. The van der Waals surface area contributed by atoms with Gasteiger partial charge in [0.05, 0.1) is 5.41 Å². The van der Waals surface area contributed by atoms with Gasteiger partial charge in [0.25, 0.3) is 0 Å². The molecule has 0 radical (unpaired) electrons. The van der Waals surface area contributed by atoms with Crippen molar-refractivity contribution in [3.05, 3.63) is 0 Å². The molecule has 0 spiro atoms. The lowest BCUT2D eigenvalue weighted by molar-refractivity contribution is -0.141. The van der Waals surface area contributed by atoms with E-state index < -0.39 is 5.41 Å². The highest BCUT2D eigenvalue weighted by Gasteiger charge is 2.45. The second kappa shape index (κ2) is 4.07. The summed E-state index contributed by atoms with van der Waals surface area (Å²) in [6.07, 6.45) is 4.97. The first-order chi connectivity index (χ1) is 7.58. The van der Waals surface area contributed by atoms with E-state index in [1.165, 1.54) is 4.90 Å². The van der Waals surface area contributed by atoms with Gasteiger partial charge in [-0.3, -0.25) is 9.69 Å². The molecule has 16 heavy (non-hydrogen) atoms. The van der Waals surface area contributed by atoms with E-state index in [9.17, 15) is 9.59 Å². The number of hydrogen-bond donors (Lipinski definition) is 1. The van der Waals surface area contributed by atoms with Gasteiger partial charge in [-0.05, 0) is 26.2 Å². The number of amides is 3. The van der Waals surface area contributed by atoms with E-state index in [1.54, 1.807) is 0 Å². The Bertz CT molecular complexity index is 310. The average Bonchev–Trinajstić information content (AvgIpc) is 2.78. The summed E-state index contributed by atoms with van der Waals surface area (Å²) in [5.74, 6) is 0.0191. The van der Waals surface area contributed by atoms with Gasteiger partial charge in [0, 0.05) is 12.6 Å². The Labute approximate surface area is 96.4 Å². The van der Waals surface area contributed by atoms with Gasteiger partial charge in [0.1, 0.15) is 0 Å². The fourth-order valence-electron chi connectivity index (χ4n) is 2.58. The fourth-order valence-corrected chi connectivity index (χ4v) is 2.58. The summed E-state index contributed by atoms with van der Waals surface area (Å²) >= 11 is 0. The second-order valence-corrected chi connectivity index (χ2v) is 5.19. The van der Waals surface area contributed by atoms with E-state index in [4.69, 9.17) is 0 Å². The first-order valence-corrected chi connectivity index (χ1v) is 6.20. The van der Waals surface area contributed by atoms with Gasteiger partial charge >= 0.3 is 6.03 Å². The summed E-state index contributed by atoms with van der Waals surface area (Å²) in [5, 5.41) is 2.85. The lowest BCUT2D eigenvalue weighted by Gasteiger charge is -2.40. The molecule has 0 bridgehead atoms. The largest absolute Gasteiger partial charge is 0.337 e. The fraction of sp³-hybridized carbons (Fsp3) is 0.833. The number of carbonyl (C=O) groups excluding carboxylic acids is 2. The quantitative estimate of drug-likeness (QED) is 0.778. The van der Waals surface area contributed by atoms with Crippen molar-refractivity contribution in [2.75, 3.05) is 6.54 Å². The highest BCUT2D eigenvalue weighted by molar-refractivity contribution is 6.00. The van der Waals surface area contributed by atoms with Crippen LogP contribution in [0.5, 0.6) is 0 Å². The van der Waals surface area contributed by atoms with Crippen LogP contribution < -0.4 is 5.32 Å². The van der Waals surface area contributed by atoms with Gasteiger partial charge in [0.2, 0.25) is 5.91 Å². The monoisotopic (exact) mass is 224 g/mol. The third kappa shape index (κ3) is 1.70. The standard InChI is InChI=1S/C12H20N2O2/c1-3-12(2)8-13-11(16)14(10(12)15)9-6-4-5-7-9/h9H,3-8H2,1-2H3,(H,13,16). The Balaban J connectivity index is 2.20. The summed E-state index contributed by atoms with van der Waals surface area (Å²) in [5.41, 5.74) is -0.406. The number of imide groups is 1. The molecule has 0 aromatic rings. The van der Waals surface area contributed by atoms with Crippen molar-refractivity contribution in [1.29, 1.82) is 0 Å². The lowest BCUT2D eigenvalue weighted by atomic mass is 9.84. The molecule has 1 unspecified atom stereocenters. The molecule has 1 saturated carbocycles. The number of nitrogens with one attached hydrogen (secondary N) is 1. The van der Waals surface area contributed by atoms with Crippen molar-refractivity contribution in [3.63, 3.8) is 0 Å². The molecule has 90 valence electrons. The third-order valence-electron chi connectivity index (χ3n) is 4.05. The van der Waals surface area contributed by atoms with Crippen LogP contribution in [0.25, 0.3) is 0 Å². The van der Waals surface area contributed by atoms with Crippen molar-refractivity contribution < 1.29 is 9.59 Å². The molecule has 1 saturated heterocycles. The van der Waals surface area contributed by atoms with Crippen molar-refractivity contribution in [3.8, 4) is 0 Å². The van der Waals surface area contributed by atoms with Crippen LogP contribution in [0.3, 0.4) is 0 Å². The normalized spacial score (nSPS) is 32.0. The van der Waals surface area contributed by atoms with Gasteiger partial charge in [-0.25, -0.2) is 4.79 Å². The molecule has 0 aromatic carbocycles. The molecule has 2 rings (SSSR count). The zero-order valence-corrected chi connectivity index (χ0v) is 10.1. The van der Waals surface area contributed by atoms with E-state index >= 15 is 0 Å². The Kier molecular flexibility index (Phi) is 2.91. The summed E-state index contributed by atoms with van der Waals surface area (Å²) in [4.78, 5) is 25.6. The highest BCUT2D eigenvalue weighted by Crippen LogP contribution is 2.32. The number of hydrogen-bond acceptors (Lipinski definition) is 2. The van der Waals surface area contributed by atoms with Crippen LogP contribution in [-0.2, 0) is 4.79 Å². The minimum Gasteiger partial charge on any atom is -0.337 e. The predicted octanol–water partition coefficient (Wildman–Crippen LogP) is 1.90. The van der Waals surface area contributed by atoms with Gasteiger partial charge in [-0.2, -0.15) is 0 Å². The Hall–Kier alpha value is -1.06. The lowest BCUT2D eigenvalue weighted by Crippen LogP contribution is -2.61. The summed E-state index contributed by atoms with van der Waals surface area (Å²) in [7, 11) is 0. The molecule has 4 nitrogen and oxygen atoms in total. The smallest absolute Gasteiger partial charge is 0.324 e. The SMILES string of the molecule is CCC1(C)CNC(=O)N(C2CCCC2)C1=O. The molecule has 1 aliphatic heterocycles. The summed E-state index contributed by atoms with van der Waals surface area (Å²) in [6.45, 7) is 4.42. The van der Waals surface area contributed by atoms with Crippen LogP contribution in [0.4, 0.5) is 4.79 Å². The van der Waals surface area contributed by atoms with E-state index in [1.807, 2.05) is 13.8 Å². The molecule has 1 heterocycles. The maximum Gasteiger partial charge on any atom is 0.324 e. The van der Waals surface area contributed by atoms with Gasteiger partial charge in [-0.1, -0.05) is 19.8 Å². The molecule has 1 aliphatic carbocycles. The van der Waals surface area contributed by atoms with Crippen molar-refractivity contribution in [1.82, 2.24) is 10.2 Å². The molecule has 2 aliphatic rings. The molecular weight excluding hydrogens is 204 g/mol. The van der Waals surface area contributed by atoms with Gasteiger partial charge < -0.3 is 5.32 Å².